The summed E-state index contributed by atoms with van der Waals surface area (Å²) < 4.78 is 5.29. The van der Waals surface area contributed by atoms with E-state index in [0.717, 1.165) is 31.1 Å². The zero-order chi connectivity index (χ0) is 18.9. The molecule has 0 bridgehead atoms. The van der Waals surface area contributed by atoms with Crippen molar-refractivity contribution in [3.63, 3.8) is 0 Å². The highest BCUT2D eigenvalue weighted by atomic mass is 16.6. The van der Waals surface area contributed by atoms with Crippen LogP contribution in [0, 0.1) is 16.7 Å². The maximum atomic E-state index is 12.0. The van der Waals surface area contributed by atoms with Crippen LogP contribution in [-0.2, 0) is 9.53 Å². The number of aldehydes is 1. The first kappa shape index (κ1) is 20.7. The van der Waals surface area contributed by atoms with E-state index in [2.05, 4.69) is 24.9 Å². The molecule has 0 aromatic heterocycles. The molecule has 1 unspecified atom stereocenters. The lowest BCUT2D eigenvalue weighted by molar-refractivity contribution is -0.106. The van der Waals surface area contributed by atoms with Crippen LogP contribution in [0.5, 0.6) is 0 Å². The van der Waals surface area contributed by atoms with Gasteiger partial charge in [-0.3, -0.25) is 4.90 Å². The lowest BCUT2D eigenvalue weighted by Crippen LogP contribution is -2.28. The lowest BCUT2D eigenvalue weighted by Gasteiger charge is -2.14. The van der Waals surface area contributed by atoms with Crippen molar-refractivity contribution in [2.75, 3.05) is 20.1 Å². The Hall–Kier alpha value is -2.39. The van der Waals surface area contributed by atoms with Gasteiger partial charge in [0.05, 0.1) is 18.0 Å². The third-order valence-electron chi connectivity index (χ3n) is 4.24. The normalized spacial score (nSPS) is 21.6. The molecule has 0 spiro atoms. The molecule has 0 radical (unpaired) electrons. The number of likely N-dealkylation sites (N-methyl/N-ethyl adjacent to an activating group) is 1. The Kier molecular flexibility index (Phi) is 8.09. The third-order valence-corrected chi connectivity index (χ3v) is 4.24. The zero-order valence-corrected chi connectivity index (χ0v) is 15.2. The van der Waals surface area contributed by atoms with Crippen molar-refractivity contribution in [1.29, 1.82) is 5.26 Å². The standard InChI is InChI=1S/C17H23N3O2.C2H4O/c1-4-13(17(12-18)8-9-17)6-7-14(5-2)20-11-15(10-19-3)22-16(20)21;1-2-3/h5-7,15,19H,2,4,8-11H2,1,3H3;2H,1H3/b13-6?,14-7+;. The van der Waals surface area contributed by atoms with Crippen molar-refractivity contribution < 1.29 is 14.3 Å². The number of rotatable bonds is 7. The van der Waals surface area contributed by atoms with Crippen LogP contribution in [0.15, 0.2) is 36.1 Å². The Balaban J connectivity index is 0.000000970. The Morgan fingerprint density at radius 3 is 2.60 bits per heavy atom. The Morgan fingerprint density at radius 2 is 2.16 bits per heavy atom. The molecule has 25 heavy (non-hydrogen) atoms. The smallest absolute Gasteiger partial charge is 0.414 e. The summed E-state index contributed by atoms with van der Waals surface area (Å²) >= 11 is 0. The van der Waals surface area contributed by atoms with Gasteiger partial charge in [0.15, 0.2) is 0 Å². The fraction of sp³-hybridized carbons (Fsp3) is 0.526. The number of nitrogens with zero attached hydrogens (tertiary/aromatic N) is 2. The van der Waals surface area contributed by atoms with Gasteiger partial charge in [-0.25, -0.2) is 4.79 Å². The molecule has 1 saturated heterocycles. The first-order valence-electron chi connectivity index (χ1n) is 8.49. The molecular formula is C19H27N3O3. The average Bonchev–Trinajstić information content (AvgIpc) is 3.31. The predicted octanol–water partition coefficient (Wildman–Crippen LogP) is 2.94. The predicted molar refractivity (Wildman–Crippen MR) is 96.6 cm³/mol. The maximum absolute atomic E-state index is 12.0. The van der Waals surface area contributed by atoms with Crippen molar-refractivity contribution in [3.8, 4) is 6.07 Å². The van der Waals surface area contributed by atoms with Gasteiger partial charge >= 0.3 is 6.09 Å². The van der Waals surface area contributed by atoms with Crippen molar-refractivity contribution in [2.24, 2.45) is 5.41 Å². The number of carbonyl (C=O) groups excluding carboxylic acids is 2. The van der Waals surface area contributed by atoms with Gasteiger partial charge < -0.3 is 14.8 Å². The summed E-state index contributed by atoms with van der Waals surface area (Å²) in [6, 6.07) is 2.41. The van der Waals surface area contributed by atoms with Crippen molar-refractivity contribution in [3.05, 3.63) is 36.1 Å². The Bertz CT molecular complexity index is 598. The van der Waals surface area contributed by atoms with Gasteiger partial charge in [0.2, 0.25) is 0 Å². The molecule has 0 aromatic rings. The van der Waals surface area contributed by atoms with E-state index >= 15 is 0 Å². The van der Waals surface area contributed by atoms with E-state index in [1.165, 1.54) is 6.92 Å². The third kappa shape index (κ3) is 5.30. The summed E-state index contributed by atoms with van der Waals surface area (Å²) in [5.74, 6) is 0. The van der Waals surface area contributed by atoms with Gasteiger partial charge in [-0.1, -0.05) is 25.2 Å². The molecule has 1 aliphatic carbocycles. The van der Waals surface area contributed by atoms with Crippen LogP contribution in [0.25, 0.3) is 0 Å². The topological polar surface area (TPSA) is 82.4 Å². The first-order chi connectivity index (χ1) is 12.0. The van der Waals surface area contributed by atoms with E-state index in [9.17, 15) is 10.1 Å². The molecule has 1 atom stereocenters. The van der Waals surface area contributed by atoms with E-state index < -0.39 is 0 Å². The molecule has 2 fully saturated rings. The van der Waals surface area contributed by atoms with Crippen LogP contribution in [0.3, 0.4) is 0 Å². The summed E-state index contributed by atoms with van der Waals surface area (Å²) in [7, 11) is 1.83. The monoisotopic (exact) mass is 345 g/mol. The van der Waals surface area contributed by atoms with Crippen molar-refractivity contribution >= 4 is 12.4 Å². The molecule has 6 heteroatoms. The van der Waals surface area contributed by atoms with Gasteiger partial charge in [0.25, 0.3) is 0 Å². The van der Waals surface area contributed by atoms with Gasteiger partial charge in [-0.2, -0.15) is 5.26 Å². The molecule has 1 N–H and O–H groups in total. The second-order valence-electron chi connectivity index (χ2n) is 5.94. The van der Waals surface area contributed by atoms with Gasteiger partial charge in [0.1, 0.15) is 12.4 Å². The van der Waals surface area contributed by atoms with Crippen LogP contribution < -0.4 is 5.32 Å². The quantitative estimate of drug-likeness (QED) is 0.567. The Labute approximate surface area is 149 Å². The fourth-order valence-corrected chi connectivity index (χ4v) is 2.77. The van der Waals surface area contributed by atoms with Crippen LogP contribution >= 0.6 is 0 Å². The van der Waals surface area contributed by atoms with Crippen LogP contribution in [0.1, 0.15) is 33.1 Å². The van der Waals surface area contributed by atoms with Gasteiger partial charge in [-0.15, -0.1) is 0 Å². The van der Waals surface area contributed by atoms with E-state index in [1.807, 2.05) is 19.2 Å². The molecule has 6 nitrogen and oxygen atoms in total. The number of cyclic esters (lactones) is 1. The van der Waals surface area contributed by atoms with Crippen molar-refractivity contribution in [2.45, 2.75) is 39.2 Å². The molecule has 136 valence electrons. The summed E-state index contributed by atoms with van der Waals surface area (Å²) in [6.07, 6.45) is 8.43. The molecule has 1 aliphatic heterocycles. The SMILES string of the molecule is C=C/C(=C\C=C(CC)C1(C#N)CC1)N1CC(CNC)OC1=O.CC=O. The number of hydrogen-bond donors (Lipinski definition) is 1. The molecule has 1 saturated carbocycles. The van der Waals surface area contributed by atoms with Gasteiger partial charge in [-0.05, 0) is 45.4 Å². The van der Waals surface area contributed by atoms with E-state index in [-0.39, 0.29) is 17.6 Å². The fourth-order valence-electron chi connectivity index (χ4n) is 2.77. The zero-order valence-electron chi connectivity index (χ0n) is 15.2. The maximum Gasteiger partial charge on any atom is 0.414 e. The first-order valence-corrected chi connectivity index (χ1v) is 8.49. The Morgan fingerprint density at radius 1 is 1.52 bits per heavy atom. The second kappa shape index (κ2) is 9.80. The van der Waals surface area contributed by atoms with Crippen LogP contribution in [-0.4, -0.2) is 43.5 Å². The number of nitrogens with one attached hydrogen (secondary N) is 1. The van der Waals surface area contributed by atoms with Crippen LogP contribution in [0.2, 0.25) is 0 Å². The number of amides is 1. The second-order valence-corrected chi connectivity index (χ2v) is 5.94. The lowest BCUT2D eigenvalue weighted by atomic mass is 9.94. The molecule has 1 amide bonds. The molecule has 1 heterocycles. The van der Waals surface area contributed by atoms with Crippen molar-refractivity contribution in [1.82, 2.24) is 10.2 Å². The van der Waals surface area contributed by atoms with E-state index in [1.54, 1.807) is 11.0 Å². The largest absolute Gasteiger partial charge is 0.443 e. The number of allylic oxidation sites excluding steroid dienone is 4. The van der Waals surface area contributed by atoms with E-state index in [4.69, 9.17) is 9.53 Å². The summed E-state index contributed by atoms with van der Waals surface area (Å²) in [5, 5.41) is 12.3. The minimum Gasteiger partial charge on any atom is -0.443 e. The summed E-state index contributed by atoms with van der Waals surface area (Å²) in [6.45, 7) is 8.42. The molecule has 0 aromatic carbocycles. The van der Waals surface area contributed by atoms with E-state index in [0.29, 0.717) is 18.8 Å². The summed E-state index contributed by atoms with van der Waals surface area (Å²) in [5.41, 5.74) is 1.55. The van der Waals surface area contributed by atoms with Gasteiger partial charge in [0, 0.05) is 12.2 Å². The number of ether oxygens (including phenoxy) is 1. The molecule has 2 aliphatic rings. The minimum atomic E-state index is -0.348. The highest BCUT2D eigenvalue weighted by Gasteiger charge is 2.45. The number of nitriles is 1. The number of carbonyl (C=O) groups is 2. The average molecular weight is 345 g/mol. The molecular weight excluding hydrogens is 318 g/mol. The van der Waals surface area contributed by atoms with Crippen LogP contribution in [0.4, 0.5) is 4.79 Å². The number of hydrogen-bond acceptors (Lipinski definition) is 5. The minimum absolute atomic E-state index is 0.149. The highest BCUT2D eigenvalue weighted by molar-refractivity contribution is 5.73. The highest BCUT2D eigenvalue weighted by Crippen LogP contribution is 2.52. The molecule has 2 rings (SSSR count). The summed E-state index contributed by atoms with van der Waals surface area (Å²) in [4.78, 5) is 22.3.